The maximum Gasteiger partial charge on any atom is 0.270 e. The molecule has 0 unspecified atom stereocenters. The van der Waals surface area contributed by atoms with Gasteiger partial charge in [0.2, 0.25) is 0 Å². The summed E-state index contributed by atoms with van der Waals surface area (Å²) < 4.78 is 0. The number of benzene rings is 1. The molecule has 0 atom stereocenters. The molecule has 0 aliphatic carbocycles. The van der Waals surface area contributed by atoms with Gasteiger partial charge >= 0.3 is 0 Å². The van der Waals surface area contributed by atoms with Gasteiger partial charge in [-0.15, -0.1) is 0 Å². The number of hydrogen-bond acceptors (Lipinski definition) is 6. The molecule has 0 aliphatic rings. The van der Waals surface area contributed by atoms with Crippen molar-refractivity contribution in [2.45, 2.75) is 0 Å². The van der Waals surface area contributed by atoms with Crippen molar-refractivity contribution in [1.29, 1.82) is 0 Å². The summed E-state index contributed by atoms with van der Waals surface area (Å²) in [6.07, 6.45) is 1.25. The second-order valence-corrected chi connectivity index (χ2v) is 4.69. The van der Waals surface area contributed by atoms with Crippen LogP contribution in [0.4, 0.5) is 10.8 Å². The van der Waals surface area contributed by atoms with E-state index in [2.05, 4.69) is 10.3 Å². The lowest BCUT2D eigenvalue weighted by atomic mass is 10.2. The minimum absolute atomic E-state index is 0.120. The number of nitrogens with one attached hydrogen (secondary N) is 1. The van der Waals surface area contributed by atoms with Crippen molar-refractivity contribution in [3.05, 3.63) is 51.0 Å². The summed E-state index contributed by atoms with van der Waals surface area (Å²) in [5, 5.41) is 13.3. The number of anilines is 1. The fourth-order valence-electron chi connectivity index (χ4n) is 1.38. The topological polar surface area (TPSA) is 128 Å². The smallest absolute Gasteiger partial charge is 0.270 e. The lowest BCUT2D eigenvalue weighted by Gasteiger charge is -2.01. The van der Waals surface area contributed by atoms with Crippen LogP contribution in [0.15, 0.2) is 30.5 Å². The van der Waals surface area contributed by atoms with Crippen LogP contribution in [0, 0.1) is 10.1 Å². The molecular formula is C11H8N4O4S. The molecule has 0 aliphatic heterocycles. The quantitative estimate of drug-likeness (QED) is 0.650. The predicted octanol–water partition coefficient (Wildman–Crippen LogP) is 1.40. The number of hydrogen-bond donors (Lipinski definition) is 2. The van der Waals surface area contributed by atoms with E-state index >= 15 is 0 Å². The van der Waals surface area contributed by atoms with Gasteiger partial charge in [0.05, 0.1) is 11.1 Å². The molecule has 0 bridgehead atoms. The Morgan fingerprint density at radius 3 is 2.75 bits per heavy atom. The van der Waals surface area contributed by atoms with Crippen molar-refractivity contribution in [2.75, 3.05) is 5.32 Å². The molecule has 0 fully saturated rings. The first-order chi connectivity index (χ1) is 9.47. The summed E-state index contributed by atoms with van der Waals surface area (Å²) in [5.74, 6) is -1.20. The number of non-ortho nitro benzene ring substituents is 1. The van der Waals surface area contributed by atoms with Gasteiger partial charge in [-0.05, 0) is 6.07 Å². The van der Waals surface area contributed by atoms with Crippen LogP contribution in [0.25, 0.3) is 0 Å². The number of nitrogens with two attached hydrogens (primary N) is 1. The highest BCUT2D eigenvalue weighted by Crippen LogP contribution is 2.19. The lowest BCUT2D eigenvalue weighted by Crippen LogP contribution is -2.11. The van der Waals surface area contributed by atoms with E-state index in [0.29, 0.717) is 0 Å². The fraction of sp³-hybridized carbons (Fsp3) is 0. The number of carbonyl (C=O) groups excluding carboxylic acids is 2. The Labute approximate surface area is 116 Å². The van der Waals surface area contributed by atoms with Gasteiger partial charge < -0.3 is 5.73 Å². The molecule has 9 heteroatoms. The molecule has 1 aromatic carbocycles. The number of nitrogens with zero attached hydrogens (tertiary/aromatic N) is 2. The van der Waals surface area contributed by atoms with Crippen molar-refractivity contribution >= 4 is 34.0 Å². The minimum Gasteiger partial charge on any atom is -0.365 e. The van der Waals surface area contributed by atoms with Gasteiger partial charge in [0, 0.05) is 17.7 Å². The molecule has 0 radical (unpaired) electrons. The Bertz CT molecular complexity index is 697. The number of primary amides is 1. The number of thiazole rings is 1. The summed E-state index contributed by atoms with van der Waals surface area (Å²) in [5.41, 5.74) is 5.00. The second-order valence-electron chi connectivity index (χ2n) is 3.66. The number of carbonyl (C=O) groups is 2. The highest BCUT2D eigenvalue weighted by molar-refractivity contribution is 7.17. The van der Waals surface area contributed by atoms with E-state index in [4.69, 9.17) is 5.73 Å². The van der Waals surface area contributed by atoms with Crippen LogP contribution >= 0.6 is 11.3 Å². The van der Waals surface area contributed by atoms with Crippen LogP contribution in [0.1, 0.15) is 20.0 Å². The Hall–Kier alpha value is -2.81. The summed E-state index contributed by atoms with van der Waals surface area (Å²) >= 11 is 0.923. The maximum atomic E-state index is 11.9. The van der Waals surface area contributed by atoms with Gasteiger partial charge in [-0.2, -0.15) is 0 Å². The van der Waals surface area contributed by atoms with E-state index in [9.17, 15) is 19.7 Å². The highest BCUT2D eigenvalue weighted by atomic mass is 32.1. The Balaban J connectivity index is 2.17. The molecule has 2 aromatic rings. The number of nitro benzene ring substituents is 1. The third-order valence-electron chi connectivity index (χ3n) is 2.29. The predicted molar refractivity (Wildman–Crippen MR) is 71.7 cm³/mol. The Morgan fingerprint density at radius 1 is 1.40 bits per heavy atom. The normalized spacial score (nSPS) is 10.0. The van der Waals surface area contributed by atoms with E-state index in [1.807, 2.05) is 0 Å². The van der Waals surface area contributed by atoms with Crippen LogP contribution in [0.2, 0.25) is 0 Å². The molecule has 20 heavy (non-hydrogen) atoms. The molecule has 8 nitrogen and oxygen atoms in total. The van der Waals surface area contributed by atoms with Crippen LogP contribution in [0.5, 0.6) is 0 Å². The summed E-state index contributed by atoms with van der Waals surface area (Å²) in [6.45, 7) is 0. The minimum atomic E-state index is -0.640. The van der Waals surface area contributed by atoms with Gasteiger partial charge in [0.25, 0.3) is 17.5 Å². The molecule has 0 spiro atoms. The first-order valence-electron chi connectivity index (χ1n) is 5.29. The zero-order valence-corrected chi connectivity index (χ0v) is 10.7. The van der Waals surface area contributed by atoms with Gasteiger partial charge in [-0.25, -0.2) is 4.98 Å². The molecule has 1 aromatic heterocycles. The third kappa shape index (κ3) is 2.95. The zero-order valence-electron chi connectivity index (χ0n) is 9.90. The van der Waals surface area contributed by atoms with Crippen LogP contribution in [0.3, 0.4) is 0 Å². The van der Waals surface area contributed by atoms with Crippen molar-refractivity contribution < 1.29 is 14.5 Å². The lowest BCUT2D eigenvalue weighted by molar-refractivity contribution is -0.384. The molecule has 0 saturated carbocycles. The van der Waals surface area contributed by atoms with Gasteiger partial charge in [-0.1, -0.05) is 17.4 Å². The van der Waals surface area contributed by atoms with E-state index < -0.39 is 16.7 Å². The average molecular weight is 292 g/mol. The van der Waals surface area contributed by atoms with Crippen molar-refractivity contribution in [2.24, 2.45) is 5.73 Å². The van der Waals surface area contributed by atoms with Crippen LogP contribution in [-0.2, 0) is 0 Å². The summed E-state index contributed by atoms with van der Waals surface area (Å²) in [6, 6.07) is 5.28. The molecule has 1 heterocycles. The van der Waals surface area contributed by atoms with E-state index in [-0.39, 0.29) is 21.3 Å². The Kier molecular flexibility index (Phi) is 3.71. The van der Waals surface area contributed by atoms with Crippen molar-refractivity contribution in [1.82, 2.24) is 4.98 Å². The SMILES string of the molecule is NC(=O)c1cnc(NC(=O)c2cccc([N+](=O)[O-])c2)s1. The summed E-state index contributed by atoms with van der Waals surface area (Å²) in [7, 11) is 0. The number of nitro groups is 1. The van der Waals surface area contributed by atoms with E-state index in [0.717, 1.165) is 17.4 Å². The van der Waals surface area contributed by atoms with Gasteiger partial charge in [0.1, 0.15) is 4.88 Å². The average Bonchev–Trinajstić information content (AvgIpc) is 2.87. The molecule has 0 saturated heterocycles. The number of rotatable bonds is 4. The number of aromatic nitrogens is 1. The largest absolute Gasteiger partial charge is 0.365 e. The van der Waals surface area contributed by atoms with Crippen molar-refractivity contribution in [3.63, 3.8) is 0 Å². The molecule has 3 N–H and O–H groups in total. The second kappa shape index (κ2) is 5.45. The van der Waals surface area contributed by atoms with E-state index in [1.165, 1.54) is 24.4 Å². The van der Waals surface area contributed by atoms with Gasteiger partial charge in [0.15, 0.2) is 5.13 Å². The molecular weight excluding hydrogens is 284 g/mol. The van der Waals surface area contributed by atoms with Gasteiger partial charge in [-0.3, -0.25) is 25.0 Å². The fourth-order valence-corrected chi connectivity index (χ4v) is 2.04. The van der Waals surface area contributed by atoms with Crippen LogP contribution in [-0.4, -0.2) is 21.7 Å². The third-order valence-corrected chi connectivity index (χ3v) is 3.22. The zero-order chi connectivity index (χ0) is 14.7. The van der Waals surface area contributed by atoms with E-state index in [1.54, 1.807) is 0 Å². The monoisotopic (exact) mass is 292 g/mol. The molecule has 102 valence electrons. The van der Waals surface area contributed by atoms with Crippen molar-refractivity contribution in [3.8, 4) is 0 Å². The summed E-state index contributed by atoms with van der Waals surface area (Å²) in [4.78, 5) is 36.8. The molecule has 2 amide bonds. The van der Waals surface area contributed by atoms with Crippen LogP contribution < -0.4 is 11.1 Å². The molecule has 2 rings (SSSR count). The standard InChI is InChI=1S/C11H8N4O4S/c12-9(16)8-5-13-11(20-8)14-10(17)6-2-1-3-7(4-6)15(18)19/h1-5H,(H2,12,16)(H,13,14,17). The first kappa shape index (κ1) is 13.6. The number of amides is 2. The first-order valence-corrected chi connectivity index (χ1v) is 6.10. The maximum absolute atomic E-state index is 11.9. The highest BCUT2D eigenvalue weighted by Gasteiger charge is 2.14. The Morgan fingerprint density at radius 2 is 2.15 bits per heavy atom.